The molecule has 3 N–H and O–H groups in total. The van der Waals surface area contributed by atoms with Crippen molar-refractivity contribution >= 4 is 15.9 Å². The molecule has 0 saturated heterocycles. The van der Waals surface area contributed by atoms with Gasteiger partial charge in [0.2, 0.25) is 10.0 Å². The maximum absolute atomic E-state index is 12.4. The Kier molecular flexibility index (Phi) is 5.60. The van der Waals surface area contributed by atoms with Gasteiger partial charge in [-0.15, -0.1) is 0 Å². The van der Waals surface area contributed by atoms with Gasteiger partial charge >= 0.3 is 0 Å². The van der Waals surface area contributed by atoms with E-state index in [1.54, 1.807) is 0 Å². The highest BCUT2D eigenvalue weighted by atomic mass is 32.2. The maximum atomic E-state index is 12.4. The fraction of sp³-hybridized carbons (Fsp3) is 0.500. The Balaban J connectivity index is 3.02. The zero-order chi connectivity index (χ0) is 15.3. The Hall–Kier alpha value is -1.52. The number of nitrogens with zero attached hydrogens (tertiary/aromatic N) is 1. The molecular weight excluding hydrogens is 296 g/mol. The van der Waals surface area contributed by atoms with Gasteiger partial charge < -0.3 is 14.6 Å². The van der Waals surface area contributed by atoms with Gasteiger partial charge in [-0.25, -0.2) is 22.3 Å². The van der Waals surface area contributed by atoms with Crippen molar-refractivity contribution in [3.05, 3.63) is 18.0 Å². The van der Waals surface area contributed by atoms with Crippen LogP contribution >= 0.6 is 0 Å². The summed E-state index contributed by atoms with van der Waals surface area (Å²) in [6.45, 7) is -0.397. The Morgan fingerprint density at radius 3 is 2.70 bits per heavy atom. The van der Waals surface area contributed by atoms with Gasteiger partial charge in [-0.2, -0.15) is 0 Å². The lowest BCUT2D eigenvalue weighted by Gasteiger charge is -2.08. The SMILES string of the molecule is COCCNC(=O)c1cc(S(N)(=O)=O)cn1CC(F)F. The fourth-order valence-corrected chi connectivity index (χ4v) is 2.04. The van der Waals surface area contributed by atoms with E-state index < -0.39 is 33.8 Å². The number of methoxy groups -OCH3 is 1. The van der Waals surface area contributed by atoms with Crippen molar-refractivity contribution in [1.82, 2.24) is 9.88 Å². The van der Waals surface area contributed by atoms with Crippen LogP contribution in [0.1, 0.15) is 10.5 Å². The standard InChI is InChI=1S/C10H15F2N3O4S/c1-19-3-2-14-10(16)8-4-7(20(13,17)18)5-15(8)6-9(11)12/h4-5,9H,2-3,6H2,1H3,(H,14,16)(H2,13,17,18). The van der Waals surface area contributed by atoms with E-state index in [-0.39, 0.29) is 18.8 Å². The highest BCUT2D eigenvalue weighted by Crippen LogP contribution is 2.15. The Morgan fingerprint density at radius 2 is 2.20 bits per heavy atom. The minimum atomic E-state index is -4.07. The molecular formula is C10H15F2N3O4S. The molecule has 0 atom stereocenters. The summed E-state index contributed by atoms with van der Waals surface area (Å²) in [5.74, 6) is -0.683. The van der Waals surface area contributed by atoms with E-state index >= 15 is 0 Å². The molecule has 10 heteroatoms. The number of amides is 1. The van der Waals surface area contributed by atoms with Gasteiger partial charge in [0.05, 0.1) is 13.2 Å². The summed E-state index contributed by atoms with van der Waals surface area (Å²) >= 11 is 0. The van der Waals surface area contributed by atoms with E-state index in [1.807, 2.05) is 0 Å². The monoisotopic (exact) mass is 311 g/mol. The van der Waals surface area contributed by atoms with Gasteiger partial charge in [0, 0.05) is 19.9 Å². The first-order valence-corrected chi connectivity index (χ1v) is 7.08. The second kappa shape index (κ2) is 6.77. The number of rotatable bonds is 7. The normalized spacial score (nSPS) is 11.8. The molecule has 7 nitrogen and oxygen atoms in total. The van der Waals surface area contributed by atoms with Crippen LogP contribution in [0, 0.1) is 0 Å². The summed E-state index contributed by atoms with van der Waals surface area (Å²) in [5, 5.41) is 7.32. The summed E-state index contributed by atoms with van der Waals surface area (Å²) in [7, 11) is -2.63. The van der Waals surface area contributed by atoms with Crippen LogP contribution in [0.4, 0.5) is 8.78 Å². The minimum absolute atomic E-state index is 0.167. The van der Waals surface area contributed by atoms with Gasteiger partial charge in [-0.3, -0.25) is 4.79 Å². The van der Waals surface area contributed by atoms with Crippen LogP contribution in [0.3, 0.4) is 0 Å². The number of hydrogen-bond donors (Lipinski definition) is 2. The van der Waals surface area contributed by atoms with Crippen LogP contribution in [0.25, 0.3) is 0 Å². The number of halogens is 2. The number of hydrogen-bond acceptors (Lipinski definition) is 4. The van der Waals surface area contributed by atoms with Crippen LogP contribution in [-0.2, 0) is 21.3 Å². The number of nitrogens with one attached hydrogen (secondary N) is 1. The van der Waals surface area contributed by atoms with Crippen molar-refractivity contribution in [3.8, 4) is 0 Å². The highest BCUT2D eigenvalue weighted by molar-refractivity contribution is 7.89. The van der Waals surface area contributed by atoms with Crippen LogP contribution in [-0.4, -0.2) is 45.6 Å². The zero-order valence-electron chi connectivity index (χ0n) is 10.7. The Morgan fingerprint density at radius 1 is 1.55 bits per heavy atom. The number of carbonyl (C=O) groups excluding carboxylic acids is 1. The van der Waals surface area contributed by atoms with Crippen LogP contribution in [0.2, 0.25) is 0 Å². The van der Waals surface area contributed by atoms with E-state index in [4.69, 9.17) is 9.88 Å². The maximum Gasteiger partial charge on any atom is 0.268 e. The van der Waals surface area contributed by atoms with Crippen molar-refractivity contribution in [2.45, 2.75) is 17.9 Å². The fourth-order valence-electron chi connectivity index (χ4n) is 1.49. The molecule has 0 aromatic carbocycles. The predicted molar refractivity (Wildman–Crippen MR) is 66.0 cm³/mol. The van der Waals surface area contributed by atoms with Crippen molar-refractivity contribution in [1.29, 1.82) is 0 Å². The topological polar surface area (TPSA) is 103 Å². The van der Waals surface area contributed by atoms with Crippen LogP contribution < -0.4 is 10.5 Å². The van der Waals surface area contributed by atoms with E-state index in [2.05, 4.69) is 5.32 Å². The molecule has 0 aliphatic heterocycles. The number of sulfonamides is 1. The molecule has 1 amide bonds. The zero-order valence-corrected chi connectivity index (χ0v) is 11.5. The summed E-state index contributed by atoms with van der Waals surface area (Å²) in [6, 6.07) is 0.958. The number of ether oxygens (including phenoxy) is 1. The number of carbonyl (C=O) groups is 1. The molecule has 0 saturated carbocycles. The molecule has 0 fully saturated rings. The number of aromatic nitrogens is 1. The quantitative estimate of drug-likeness (QED) is 0.679. The first-order chi connectivity index (χ1) is 9.25. The van der Waals surface area contributed by atoms with Gasteiger partial charge in [-0.1, -0.05) is 0 Å². The summed E-state index contributed by atoms with van der Waals surface area (Å²) in [4.78, 5) is 11.4. The highest BCUT2D eigenvalue weighted by Gasteiger charge is 2.20. The second-order valence-electron chi connectivity index (χ2n) is 3.90. The van der Waals surface area contributed by atoms with Crippen molar-refractivity contribution in [2.75, 3.05) is 20.3 Å². The first-order valence-electron chi connectivity index (χ1n) is 5.54. The van der Waals surface area contributed by atoms with Gasteiger partial charge in [0.1, 0.15) is 10.6 Å². The van der Waals surface area contributed by atoms with E-state index in [0.717, 1.165) is 16.8 Å². The summed E-state index contributed by atoms with van der Waals surface area (Å²) in [6.07, 6.45) is -1.83. The van der Waals surface area contributed by atoms with Gasteiger partial charge in [-0.05, 0) is 6.07 Å². The van der Waals surface area contributed by atoms with E-state index in [9.17, 15) is 22.0 Å². The molecule has 114 valence electrons. The third-order valence-corrected chi connectivity index (χ3v) is 3.24. The molecule has 0 aliphatic carbocycles. The summed E-state index contributed by atoms with van der Waals surface area (Å²) in [5.41, 5.74) is -0.203. The molecule has 1 rings (SSSR count). The average Bonchev–Trinajstić information content (AvgIpc) is 2.72. The van der Waals surface area contributed by atoms with Crippen LogP contribution in [0.15, 0.2) is 17.2 Å². The van der Waals surface area contributed by atoms with E-state index in [1.165, 1.54) is 7.11 Å². The smallest absolute Gasteiger partial charge is 0.268 e. The number of nitrogens with two attached hydrogens (primary N) is 1. The molecule has 1 aromatic rings. The largest absolute Gasteiger partial charge is 0.383 e. The Labute approximate surface area is 114 Å². The third kappa shape index (κ3) is 4.54. The lowest BCUT2D eigenvalue weighted by atomic mass is 10.4. The van der Waals surface area contributed by atoms with Crippen molar-refractivity contribution < 1.29 is 26.7 Å². The summed E-state index contributed by atoms with van der Waals surface area (Å²) < 4.78 is 52.8. The van der Waals surface area contributed by atoms with Crippen molar-refractivity contribution in [3.63, 3.8) is 0 Å². The molecule has 0 aliphatic rings. The van der Waals surface area contributed by atoms with Gasteiger partial charge in [0.25, 0.3) is 12.3 Å². The van der Waals surface area contributed by atoms with Gasteiger partial charge in [0.15, 0.2) is 0 Å². The minimum Gasteiger partial charge on any atom is -0.383 e. The second-order valence-corrected chi connectivity index (χ2v) is 5.46. The predicted octanol–water partition coefficient (Wildman–Crippen LogP) is -0.223. The molecule has 0 bridgehead atoms. The first kappa shape index (κ1) is 16.5. The third-order valence-electron chi connectivity index (χ3n) is 2.36. The van der Waals surface area contributed by atoms with Crippen LogP contribution in [0.5, 0.6) is 0 Å². The molecule has 20 heavy (non-hydrogen) atoms. The lowest BCUT2D eigenvalue weighted by molar-refractivity contribution is 0.0914. The molecule has 0 unspecified atom stereocenters. The average molecular weight is 311 g/mol. The molecule has 0 spiro atoms. The molecule has 0 radical (unpaired) electrons. The van der Waals surface area contributed by atoms with E-state index in [0.29, 0.717) is 0 Å². The van der Waals surface area contributed by atoms with Crippen molar-refractivity contribution in [2.24, 2.45) is 5.14 Å². The number of alkyl halides is 2. The molecule has 1 heterocycles. The molecule has 1 aromatic heterocycles. The Bertz CT molecular complexity index is 571. The lowest BCUT2D eigenvalue weighted by Crippen LogP contribution is -2.29. The number of primary sulfonamides is 1.